The molecule has 0 aliphatic carbocycles. The lowest BCUT2D eigenvalue weighted by molar-refractivity contribution is 0.207. The molecule has 0 unspecified atom stereocenters. The first kappa shape index (κ1) is 22.6. The van der Waals surface area contributed by atoms with Gasteiger partial charge in [-0.1, -0.05) is 6.07 Å². The molecule has 1 aliphatic heterocycles. The van der Waals surface area contributed by atoms with Crippen LogP contribution in [0.25, 0.3) is 5.82 Å². The molecule has 33 heavy (non-hydrogen) atoms. The van der Waals surface area contributed by atoms with Gasteiger partial charge in [0.15, 0.2) is 11.7 Å². The maximum Gasteiger partial charge on any atom is 0.344 e. The van der Waals surface area contributed by atoms with Gasteiger partial charge in [-0.05, 0) is 50.6 Å². The summed E-state index contributed by atoms with van der Waals surface area (Å²) in [6.45, 7) is 6.55. The third-order valence-electron chi connectivity index (χ3n) is 4.99. The molecule has 5 N–H and O–H groups in total. The molecular weight excluding hydrogens is 446 g/mol. The predicted octanol–water partition coefficient (Wildman–Crippen LogP) is 1.19. The van der Waals surface area contributed by atoms with E-state index < -0.39 is 15.7 Å². The van der Waals surface area contributed by atoms with Crippen LogP contribution in [0.1, 0.15) is 30.7 Å². The maximum atomic E-state index is 12.1. The van der Waals surface area contributed by atoms with Crippen molar-refractivity contribution in [1.82, 2.24) is 20.1 Å². The Labute approximate surface area is 190 Å². The van der Waals surface area contributed by atoms with Crippen LogP contribution in [0.3, 0.4) is 0 Å². The average Bonchev–Trinajstić information content (AvgIpc) is 3.08. The van der Waals surface area contributed by atoms with Crippen molar-refractivity contribution in [3.8, 4) is 11.6 Å². The Morgan fingerprint density at radius 2 is 2.03 bits per heavy atom. The first-order chi connectivity index (χ1) is 15.5. The number of ether oxygens (including phenoxy) is 1. The summed E-state index contributed by atoms with van der Waals surface area (Å²) in [7, 11) is -3.85. The van der Waals surface area contributed by atoms with Crippen LogP contribution in [0, 0.1) is 6.92 Å². The second kappa shape index (κ2) is 8.37. The Bertz CT molecular complexity index is 1390. The number of rotatable bonds is 7. The number of pyridine rings is 1. The summed E-state index contributed by atoms with van der Waals surface area (Å²) in [5.41, 5.74) is 7.68. The van der Waals surface area contributed by atoms with Gasteiger partial charge in [-0.15, -0.1) is 4.40 Å². The fourth-order valence-corrected chi connectivity index (χ4v) is 4.21. The number of benzene rings is 1. The number of aromatic nitrogens is 3. The summed E-state index contributed by atoms with van der Waals surface area (Å²) in [5.74, 6) is 0.817. The Morgan fingerprint density at radius 3 is 2.76 bits per heavy atom. The first-order valence-electron chi connectivity index (χ1n) is 10.2. The van der Waals surface area contributed by atoms with Crippen molar-refractivity contribution in [2.75, 3.05) is 11.3 Å². The van der Waals surface area contributed by atoms with Gasteiger partial charge in [0.05, 0.1) is 11.3 Å². The molecular formula is C21H25N7O4S. The normalized spacial score (nSPS) is 14.8. The highest BCUT2D eigenvalue weighted by Gasteiger charge is 2.26. The molecule has 3 aromatic rings. The number of nitrogens with two attached hydrogens (primary N) is 1. The van der Waals surface area contributed by atoms with Gasteiger partial charge >= 0.3 is 10.2 Å². The van der Waals surface area contributed by atoms with E-state index in [0.717, 1.165) is 11.3 Å². The number of aryl methyl sites for hydroxylation is 1. The van der Waals surface area contributed by atoms with E-state index in [1.807, 2.05) is 32.9 Å². The molecule has 174 valence electrons. The first-order valence-corrected chi connectivity index (χ1v) is 11.6. The number of hydrogen-bond donors (Lipinski definition) is 4. The van der Waals surface area contributed by atoms with E-state index in [1.165, 1.54) is 10.7 Å². The molecule has 0 amide bonds. The van der Waals surface area contributed by atoms with Crippen molar-refractivity contribution in [3.05, 3.63) is 69.8 Å². The minimum atomic E-state index is -3.85. The number of H-pyrrole nitrogens is 1. The number of nitrogens with zero attached hydrogens (tertiary/aromatic N) is 3. The molecule has 11 nitrogen and oxygen atoms in total. The number of hydrogen-bond acceptors (Lipinski definition) is 7. The molecule has 3 heterocycles. The second-order valence-corrected chi connectivity index (χ2v) is 9.73. The lowest BCUT2D eigenvalue weighted by atomic mass is 10.1. The van der Waals surface area contributed by atoms with Gasteiger partial charge in [-0.25, -0.2) is 9.67 Å². The SMILES string of the molecule is Cc1cc(=O)n(-c2cc(CNC(C)(C)COc3cccc4c3C(N)=NS(=O)(=O)N4)ccn2)[nH]1. The van der Waals surface area contributed by atoms with Crippen LogP contribution in [0.15, 0.2) is 51.8 Å². The van der Waals surface area contributed by atoms with E-state index in [2.05, 4.69) is 24.5 Å². The van der Waals surface area contributed by atoms with Crippen LogP contribution >= 0.6 is 0 Å². The highest BCUT2D eigenvalue weighted by molar-refractivity contribution is 7.91. The van der Waals surface area contributed by atoms with E-state index in [-0.39, 0.29) is 18.0 Å². The monoisotopic (exact) mass is 471 g/mol. The topological polar surface area (TPSA) is 156 Å². The summed E-state index contributed by atoms with van der Waals surface area (Å²) in [6, 6.07) is 10.2. The highest BCUT2D eigenvalue weighted by atomic mass is 32.2. The van der Waals surface area contributed by atoms with Crippen molar-refractivity contribution in [2.24, 2.45) is 10.1 Å². The van der Waals surface area contributed by atoms with Gasteiger partial charge in [-0.2, -0.15) is 8.42 Å². The standard InChI is InChI=1S/C21H25N7O4S/c1-13-9-18(29)28(25-13)17-10-14(7-8-23-17)11-24-21(2,3)12-32-16-6-4-5-15-19(16)20(22)27-33(30,31)26-15/h4-10,24-26H,11-12H2,1-3H3,(H2,22,27). The van der Waals surface area contributed by atoms with E-state index >= 15 is 0 Å². The van der Waals surface area contributed by atoms with Crippen LogP contribution < -0.4 is 26.1 Å². The minimum absolute atomic E-state index is 0.121. The van der Waals surface area contributed by atoms with Crippen molar-refractivity contribution in [1.29, 1.82) is 0 Å². The predicted molar refractivity (Wildman–Crippen MR) is 125 cm³/mol. The number of amidine groups is 1. The third-order valence-corrected chi connectivity index (χ3v) is 5.90. The van der Waals surface area contributed by atoms with Crippen LogP contribution in [0.4, 0.5) is 5.69 Å². The van der Waals surface area contributed by atoms with Crippen molar-refractivity contribution in [3.63, 3.8) is 0 Å². The molecule has 0 saturated heterocycles. The lowest BCUT2D eigenvalue weighted by Crippen LogP contribution is -2.44. The molecule has 0 bridgehead atoms. The van der Waals surface area contributed by atoms with Crippen LogP contribution in [-0.4, -0.2) is 41.2 Å². The zero-order valence-corrected chi connectivity index (χ0v) is 19.2. The number of nitrogens with one attached hydrogen (secondary N) is 3. The largest absolute Gasteiger partial charge is 0.491 e. The van der Waals surface area contributed by atoms with Crippen LogP contribution in [0.5, 0.6) is 5.75 Å². The molecule has 1 aliphatic rings. The summed E-state index contributed by atoms with van der Waals surface area (Å²) in [6.07, 6.45) is 1.65. The number of fused-ring (bicyclic) bond motifs is 1. The Morgan fingerprint density at radius 1 is 1.24 bits per heavy atom. The lowest BCUT2D eigenvalue weighted by Gasteiger charge is -2.28. The highest BCUT2D eigenvalue weighted by Crippen LogP contribution is 2.30. The molecule has 0 saturated carbocycles. The molecule has 0 spiro atoms. The summed E-state index contributed by atoms with van der Waals surface area (Å²) >= 11 is 0. The van der Waals surface area contributed by atoms with E-state index in [1.54, 1.807) is 24.4 Å². The molecule has 0 radical (unpaired) electrons. The average molecular weight is 472 g/mol. The Balaban J connectivity index is 1.44. The zero-order chi connectivity index (χ0) is 23.8. The molecule has 4 rings (SSSR count). The molecule has 2 aromatic heterocycles. The fourth-order valence-electron chi connectivity index (χ4n) is 3.36. The summed E-state index contributed by atoms with van der Waals surface area (Å²) in [4.78, 5) is 16.3. The van der Waals surface area contributed by atoms with Gasteiger partial charge in [0, 0.05) is 30.0 Å². The summed E-state index contributed by atoms with van der Waals surface area (Å²) in [5, 5.41) is 6.40. The summed E-state index contributed by atoms with van der Waals surface area (Å²) < 4.78 is 36.7. The Hall–Kier alpha value is -3.64. The van der Waals surface area contributed by atoms with Gasteiger partial charge < -0.3 is 15.8 Å². The van der Waals surface area contributed by atoms with Gasteiger partial charge in [0.2, 0.25) is 0 Å². The number of anilines is 1. The maximum absolute atomic E-state index is 12.1. The molecule has 0 fully saturated rings. The number of aromatic amines is 1. The zero-order valence-electron chi connectivity index (χ0n) is 18.4. The smallest absolute Gasteiger partial charge is 0.344 e. The molecule has 1 aromatic carbocycles. The Kier molecular flexibility index (Phi) is 5.72. The quantitative estimate of drug-likeness (QED) is 0.403. The molecule has 12 heteroatoms. The van der Waals surface area contributed by atoms with Gasteiger partial charge in [0.1, 0.15) is 12.4 Å². The van der Waals surface area contributed by atoms with Gasteiger partial charge in [0.25, 0.3) is 5.56 Å². The van der Waals surface area contributed by atoms with E-state index in [9.17, 15) is 13.2 Å². The van der Waals surface area contributed by atoms with Crippen molar-refractivity contribution >= 4 is 21.7 Å². The molecule has 0 atom stereocenters. The van der Waals surface area contributed by atoms with Crippen molar-refractivity contribution in [2.45, 2.75) is 32.9 Å². The van der Waals surface area contributed by atoms with Crippen molar-refractivity contribution < 1.29 is 13.2 Å². The van der Waals surface area contributed by atoms with Crippen LogP contribution in [-0.2, 0) is 16.8 Å². The van der Waals surface area contributed by atoms with E-state index in [0.29, 0.717) is 29.4 Å². The van der Waals surface area contributed by atoms with Crippen LogP contribution in [0.2, 0.25) is 0 Å². The third kappa shape index (κ3) is 5.07. The fraction of sp³-hybridized carbons (Fsp3) is 0.286. The second-order valence-electron chi connectivity index (χ2n) is 8.39. The minimum Gasteiger partial charge on any atom is -0.491 e. The van der Waals surface area contributed by atoms with Gasteiger partial charge in [-0.3, -0.25) is 14.6 Å². The van der Waals surface area contributed by atoms with E-state index in [4.69, 9.17) is 10.5 Å².